The van der Waals surface area contributed by atoms with Crippen LogP contribution in [-0.4, -0.2) is 21.8 Å². The van der Waals surface area contributed by atoms with Crippen molar-refractivity contribution in [2.45, 2.75) is 19.5 Å². The van der Waals surface area contributed by atoms with Crippen LogP contribution in [0.1, 0.15) is 25.1 Å². The van der Waals surface area contributed by atoms with E-state index in [0.717, 1.165) is 39.1 Å². The van der Waals surface area contributed by atoms with E-state index in [1.165, 1.54) is 0 Å². The monoisotopic (exact) mass is 400 g/mol. The second-order valence-electron chi connectivity index (χ2n) is 6.99. The van der Waals surface area contributed by atoms with Gasteiger partial charge in [0.25, 0.3) is 5.91 Å². The molecule has 3 aromatic rings. The van der Waals surface area contributed by atoms with Crippen LogP contribution in [0.4, 0.5) is 0 Å². The van der Waals surface area contributed by atoms with Crippen molar-refractivity contribution in [1.82, 2.24) is 10.3 Å². The molecule has 0 saturated heterocycles. The largest absolute Gasteiger partial charge is 0.298 e. The molecule has 2 aliphatic rings. The Hall–Kier alpha value is -3.12. The smallest absolute Gasteiger partial charge is 0.276 e. The second-order valence-corrected chi connectivity index (χ2v) is 8.07. The molecule has 5 rings (SSSR count). The lowest BCUT2D eigenvalue weighted by molar-refractivity contribution is -0.116. The zero-order valence-corrected chi connectivity index (χ0v) is 16.8. The van der Waals surface area contributed by atoms with E-state index in [1.807, 2.05) is 42.5 Å². The number of amidine groups is 1. The maximum absolute atomic E-state index is 13.1. The predicted molar refractivity (Wildman–Crippen MR) is 117 cm³/mol. The molecular formula is C23H20N4OS. The number of amides is 1. The van der Waals surface area contributed by atoms with E-state index in [-0.39, 0.29) is 5.91 Å². The molecule has 2 heterocycles. The summed E-state index contributed by atoms with van der Waals surface area (Å²) in [6, 6.07) is 22.2. The molecule has 0 aliphatic carbocycles. The summed E-state index contributed by atoms with van der Waals surface area (Å²) in [4.78, 5) is 18.1. The highest BCUT2D eigenvalue weighted by molar-refractivity contribution is 8.13. The molecule has 0 aromatic heterocycles. The third kappa shape index (κ3) is 3.09. The average Bonchev–Trinajstić information content (AvgIpc) is 2.76. The first-order valence-corrected chi connectivity index (χ1v) is 10.7. The van der Waals surface area contributed by atoms with Crippen molar-refractivity contribution < 1.29 is 4.79 Å². The number of rotatable bonds is 3. The first kappa shape index (κ1) is 17.9. The van der Waals surface area contributed by atoms with Gasteiger partial charge >= 0.3 is 0 Å². The Morgan fingerprint density at radius 2 is 1.83 bits per heavy atom. The summed E-state index contributed by atoms with van der Waals surface area (Å²) in [6.07, 6.45) is 0.616. The van der Waals surface area contributed by atoms with Gasteiger partial charge in [-0.3, -0.25) is 15.1 Å². The molecule has 5 nitrogen and oxygen atoms in total. The van der Waals surface area contributed by atoms with Gasteiger partial charge in [-0.05, 0) is 23.3 Å². The Kier molecular flexibility index (Phi) is 4.56. The van der Waals surface area contributed by atoms with Gasteiger partial charge in [-0.25, -0.2) is 5.01 Å². The van der Waals surface area contributed by atoms with E-state index >= 15 is 0 Å². The number of fused-ring (bicyclic) bond motifs is 3. The third-order valence-electron chi connectivity index (χ3n) is 5.06. The highest BCUT2D eigenvalue weighted by Crippen LogP contribution is 2.34. The maximum Gasteiger partial charge on any atom is 0.276 e. The van der Waals surface area contributed by atoms with Crippen molar-refractivity contribution in [3.8, 4) is 0 Å². The van der Waals surface area contributed by atoms with Gasteiger partial charge in [-0.1, -0.05) is 79.3 Å². The molecule has 1 amide bonds. The molecule has 144 valence electrons. The standard InChI is InChI=1S/C23H20N4OS/c1-2-14-29-23-25-22(28)20-18-11-5-6-13-19(18)24-21(27(20)26-23)17-12-7-9-15-8-3-4-10-16(15)17/h3-13,21H,2,14H2,1H3,(H,25,26,28). The van der Waals surface area contributed by atoms with Crippen molar-refractivity contribution in [2.75, 3.05) is 5.75 Å². The molecule has 0 fully saturated rings. The number of hydrogen-bond donors (Lipinski definition) is 1. The van der Waals surface area contributed by atoms with Crippen molar-refractivity contribution in [3.05, 3.63) is 82.9 Å². The molecule has 0 spiro atoms. The van der Waals surface area contributed by atoms with Crippen molar-refractivity contribution in [2.24, 2.45) is 10.1 Å². The summed E-state index contributed by atoms with van der Waals surface area (Å²) in [6.45, 7) is 2.11. The topological polar surface area (TPSA) is 57.1 Å². The van der Waals surface area contributed by atoms with E-state index < -0.39 is 6.17 Å². The summed E-state index contributed by atoms with van der Waals surface area (Å²) >= 11 is 1.56. The lowest BCUT2D eigenvalue weighted by atomic mass is 10.0. The third-order valence-corrected chi connectivity index (χ3v) is 6.13. The molecule has 2 aliphatic heterocycles. The van der Waals surface area contributed by atoms with Gasteiger partial charge in [0.15, 0.2) is 11.3 Å². The van der Waals surface area contributed by atoms with Crippen LogP contribution in [0, 0.1) is 0 Å². The SMILES string of the molecule is CCCSC1=NN2C(=c3ccccc3=NC2c2cccc3ccccc23)C(=O)N1. The number of carbonyl (C=O) groups is 1. The molecule has 0 bridgehead atoms. The van der Waals surface area contributed by atoms with Gasteiger partial charge in [-0.2, -0.15) is 0 Å². The molecule has 1 atom stereocenters. The lowest BCUT2D eigenvalue weighted by Gasteiger charge is -2.34. The van der Waals surface area contributed by atoms with Crippen molar-refractivity contribution in [1.29, 1.82) is 0 Å². The number of nitrogens with one attached hydrogen (secondary N) is 1. The number of para-hydroxylation sites is 1. The van der Waals surface area contributed by atoms with Gasteiger partial charge in [0, 0.05) is 16.5 Å². The molecule has 6 heteroatoms. The fraction of sp³-hybridized carbons (Fsp3) is 0.174. The first-order valence-electron chi connectivity index (χ1n) is 9.73. The summed E-state index contributed by atoms with van der Waals surface area (Å²) in [7, 11) is 0. The predicted octanol–water partition coefficient (Wildman–Crippen LogP) is 3.13. The maximum atomic E-state index is 13.1. The number of nitrogens with zero attached hydrogens (tertiary/aromatic N) is 3. The van der Waals surface area contributed by atoms with E-state index in [9.17, 15) is 4.79 Å². The van der Waals surface area contributed by atoms with Gasteiger partial charge in [0.1, 0.15) is 5.70 Å². The van der Waals surface area contributed by atoms with Crippen LogP contribution in [0.15, 0.2) is 76.8 Å². The normalized spacial score (nSPS) is 17.9. The molecule has 1 N–H and O–H groups in total. The van der Waals surface area contributed by atoms with E-state index in [4.69, 9.17) is 10.1 Å². The van der Waals surface area contributed by atoms with E-state index in [2.05, 4.69) is 36.5 Å². The van der Waals surface area contributed by atoms with Crippen molar-refractivity contribution >= 4 is 39.3 Å². The summed E-state index contributed by atoms with van der Waals surface area (Å²) in [5.41, 5.74) is 1.59. The zero-order chi connectivity index (χ0) is 19.8. The summed E-state index contributed by atoms with van der Waals surface area (Å²) in [5, 5.41) is 14.1. The Morgan fingerprint density at radius 3 is 2.72 bits per heavy atom. The van der Waals surface area contributed by atoms with Gasteiger partial charge in [0.05, 0.1) is 5.36 Å². The molecular weight excluding hydrogens is 380 g/mol. The molecule has 29 heavy (non-hydrogen) atoms. The quantitative estimate of drug-likeness (QED) is 0.735. The number of hydrazone groups is 1. The Balaban J connectivity index is 1.75. The Labute approximate surface area is 172 Å². The minimum Gasteiger partial charge on any atom is -0.298 e. The minimum absolute atomic E-state index is 0.133. The fourth-order valence-electron chi connectivity index (χ4n) is 3.77. The van der Waals surface area contributed by atoms with Crippen LogP contribution >= 0.6 is 11.8 Å². The van der Waals surface area contributed by atoms with Crippen LogP contribution in [0.5, 0.6) is 0 Å². The van der Waals surface area contributed by atoms with Crippen LogP contribution in [0.25, 0.3) is 16.5 Å². The van der Waals surface area contributed by atoms with Gasteiger partial charge in [-0.15, -0.1) is 5.10 Å². The summed E-state index contributed by atoms with van der Waals surface area (Å²) in [5.74, 6) is 0.765. The average molecular weight is 401 g/mol. The molecule has 0 radical (unpaired) electrons. The number of hydrogen-bond acceptors (Lipinski definition) is 5. The Bertz CT molecular complexity index is 1260. The van der Waals surface area contributed by atoms with E-state index in [1.54, 1.807) is 16.8 Å². The first-order chi connectivity index (χ1) is 14.3. The molecule has 1 unspecified atom stereocenters. The summed E-state index contributed by atoms with van der Waals surface area (Å²) < 4.78 is 0. The number of thioether (sulfide) groups is 1. The zero-order valence-electron chi connectivity index (χ0n) is 16.0. The highest BCUT2D eigenvalue weighted by Gasteiger charge is 2.34. The molecule has 0 saturated carbocycles. The van der Waals surface area contributed by atoms with Crippen LogP contribution < -0.4 is 15.9 Å². The minimum atomic E-state index is -0.394. The fourth-order valence-corrected chi connectivity index (χ4v) is 4.48. The van der Waals surface area contributed by atoms with Crippen molar-refractivity contribution in [3.63, 3.8) is 0 Å². The highest BCUT2D eigenvalue weighted by atomic mass is 32.2. The second kappa shape index (κ2) is 7.37. The number of benzene rings is 3. The van der Waals surface area contributed by atoms with Crippen LogP contribution in [-0.2, 0) is 4.79 Å². The van der Waals surface area contributed by atoms with E-state index in [0.29, 0.717) is 10.9 Å². The number of carbonyl (C=O) groups excluding carboxylic acids is 1. The van der Waals surface area contributed by atoms with Gasteiger partial charge in [0.2, 0.25) is 0 Å². The van der Waals surface area contributed by atoms with Gasteiger partial charge < -0.3 is 0 Å². The Morgan fingerprint density at radius 1 is 1.03 bits per heavy atom. The molecule has 3 aromatic carbocycles. The lowest BCUT2D eigenvalue weighted by Crippen LogP contribution is -2.50. The van der Waals surface area contributed by atoms with Crippen LogP contribution in [0.3, 0.4) is 0 Å². The van der Waals surface area contributed by atoms with Crippen LogP contribution in [0.2, 0.25) is 0 Å².